The highest BCUT2D eigenvalue weighted by molar-refractivity contribution is 9.10. The van der Waals surface area contributed by atoms with Crippen molar-refractivity contribution in [3.05, 3.63) is 52.0 Å². The van der Waals surface area contributed by atoms with E-state index in [0.717, 1.165) is 0 Å². The summed E-state index contributed by atoms with van der Waals surface area (Å²) in [4.78, 5) is 12.3. The van der Waals surface area contributed by atoms with Crippen molar-refractivity contribution in [3.63, 3.8) is 0 Å². The quantitative estimate of drug-likeness (QED) is 0.594. The molecule has 1 aromatic carbocycles. The zero-order valence-electron chi connectivity index (χ0n) is 11.4. The number of rotatable bonds is 4. The largest absolute Gasteiger partial charge is 0.345 e. The highest BCUT2D eigenvalue weighted by Gasteiger charge is 2.25. The predicted octanol–water partition coefficient (Wildman–Crippen LogP) is 1.83. The van der Waals surface area contributed by atoms with Crippen molar-refractivity contribution >= 4 is 31.9 Å². The Balaban J connectivity index is 2.21. The first-order chi connectivity index (χ1) is 10.6. The van der Waals surface area contributed by atoms with Crippen molar-refractivity contribution in [2.75, 3.05) is 0 Å². The SMILES string of the molecule is Cn1cc(Br)cc1C(=O)NNS(=O)(=O)c1ccc(F)c(F)c1F. The molecular formula is C12H9BrF3N3O3S. The van der Waals surface area contributed by atoms with Crippen LogP contribution < -0.4 is 10.3 Å². The van der Waals surface area contributed by atoms with Gasteiger partial charge in [-0.1, -0.05) is 0 Å². The number of aryl methyl sites for hydroxylation is 1. The molecule has 6 nitrogen and oxygen atoms in total. The third-order valence-corrected chi connectivity index (χ3v) is 4.49. The molecule has 23 heavy (non-hydrogen) atoms. The smallest absolute Gasteiger partial charge is 0.282 e. The van der Waals surface area contributed by atoms with Crippen molar-refractivity contribution in [1.29, 1.82) is 0 Å². The van der Waals surface area contributed by atoms with Crippen LogP contribution in [0.4, 0.5) is 13.2 Å². The molecule has 0 saturated carbocycles. The second kappa shape index (κ2) is 6.34. The van der Waals surface area contributed by atoms with E-state index in [0.29, 0.717) is 16.6 Å². The Labute approximate surface area is 137 Å². The van der Waals surface area contributed by atoms with E-state index in [2.05, 4.69) is 15.9 Å². The van der Waals surface area contributed by atoms with Crippen molar-refractivity contribution in [2.24, 2.45) is 7.05 Å². The van der Waals surface area contributed by atoms with Crippen LogP contribution in [0.2, 0.25) is 0 Å². The lowest BCUT2D eigenvalue weighted by Gasteiger charge is -2.10. The van der Waals surface area contributed by atoms with E-state index in [1.807, 2.05) is 5.43 Å². The van der Waals surface area contributed by atoms with Gasteiger partial charge in [-0.2, -0.15) is 0 Å². The van der Waals surface area contributed by atoms with E-state index in [-0.39, 0.29) is 5.69 Å². The van der Waals surface area contributed by atoms with Crippen molar-refractivity contribution in [3.8, 4) is 0 Å². The molecule has 0 bridgehead atoms. The lowest BCUT2D eigenvalue weighted by atomic mass is 10.3. The lowest BCUT2D eigenvalue weighted by molar-refractivity contribution is 0.0937. The molecule has 0 saturated heterocycles. The van der Waals surface area contributed by atoms with Gasteiger partial charge in [0.15, 0.2) is 17.5 Å². The Morgan fingerprint density at radius 1 is 1.22 bits per heavy atom. The van der Waals surface area contributed by atoms with Crippen LogP contribution in [0.25, 0.3) is 0 Å². The maximum Gasteiger partial charge on any atom is 0.282 e. The first kappa shape index (κ1) is 17.5. The number of halogens is 4. The normalized spacial score (nSPS) is 11.5. The molecule has 124 valence electrons. The van der Waals surface area contributed by atoms with Crippen LogP contribution in [0.1, 0.15) is 10.5 Å². The van der Waals surface area contributed by atoms with E-state index in [9.17, 15) is 26.4 Å². The molecule has 11 heteroatoms. The standard InChI is InChI=1S/C12H9BrF3N3O3S/c1-19-5-6(13)4-8(19)12(20)17-18-23(21,22)9-3-2-7(14)10(15)11(9)16/h2-5,18H,1H3,(H,17,20). The van der Waals surface area contributed by atoms with Gasteiger partial charge in [-0.05, 0) is 34.1 Å². The second-order valence-corrected chi connectivity index (χ2v) is 6.95. The van der Waals surface area contributed by atoms with Crippen molar-refractivity contribution in [2.45, 2.75) is 4.90 Å². The van der Waals surface area contributed by atoms with Gasteiger partial charge in [-0.25, -0.2) is 21.6 Å². The molecule has 0 fully saturated rings. The third-order valence-electron chi connectivity index (χ3n) is 2.79. The zero-order chi connectivity index (χ0) is 17.4. The molecule has 0 aliphatic heterocycles. The van der Waals surface area contributed by atoms with Gasteiger partial charge in [0.05, 0.1) is 0 Å². The maximum absolute atomic E-state index is 13.5. The lowest BCUT2D eigenvalue weighted by Crippen LogP contribution is -2.42. The van der Waals surface area contributed by atoms with Gasteiger partial charge in [-0.15, -0.1) is 4.83 Å². The molecular weight excluding hydrogens is 403 g/mol. The molecule has 2 rings (SSSR count). The maximum atomic E-state index is 13.5. The zero-order valence-corrected chi connectivity index (χ0v) is 13.8. The molecule has 1 aromatic heterocycles. The molecule has 0 spiro atoms. The van der Waals surface area contributed by atoms with Crippen LogP contribution in [-0.2, 0) is 17.1 Å². The molecule has 0 aliphatic rings. The Hall–Kier alpha value is -1.85. The molecule has 1 amide bonds. The average Bonchev–Trinajstić information content (AvgIpc) is 2.81. The number of sulfonamides is 1. The number of nitrogens with one attached hydrogen (secondary N) is 2. The molecule has 1 heterocycles. The molecule has 0 atom stereocenters. The number of nitrogens with zero attached hydrogens (tertiary/aromatic N) is 1. The summed E-state index contributed by atoms with van der Waals surface area (Å²) >= 11 is 3.14. The van der Waals surface area contributed by atoms with Gasteiger partial charge < -0.3 is 4.57 Å². The molecule has 2 N–H and O–H groups in total. The highest BCUT2D eigenvalue weighted by Crippen LogP contribution is 2.19. The number of aromatic nitrogens is 1. The minimum absolute atomic E-state index is 0.102. The fourth-order valence-electron chi connectivity index (χ4n) is 1.70. The number of hydrogen-bond donors (Lipinski definition) is 2. The number of benzene rings is 1. The van der Waals surface area contributed by atoms with Crippen LogP contribution in [0.5, 0.6) is 0 Å². The van der Waals surface area contributed by atoms with Gasteiger partial charge in [0, 0.05) is 17.7 Å². The summed E-state index contributed by atoms with van der Waals surface area (Å²) in [6.45, 7) is 0. The summed E-state index contributed by atoms with van der Waals surface area (Å²) in [5.41, 5.74) is 1.95. The summed E-state index contributed by atoms with van der Waals surface area (Å²) in [5, 5.41) is 0. The Morgan fingerprint density at radius 3 is 2.43 bits per heavy atom. The van der Waals surface area contributed by atoms with Crippen LogP contribution >= 0.6 is 15.9 Å². The Kier molecular flexibility index (Phi) is 4.82. The molecule has 2 aromatic rings. The monoisotopic (exact) mass is 411 g/mol. The fraction of sp³-hybridized carbons (Fsp3) is 0.0833. The first-order valence-electron chi connectivity index (χ1n) is 5.91. The number of hydrazine groups is 1. The van der Waals surface area contributed by atoms with E-state index in [1.165, 1.54) is 10.6 Å². The Morgan fingerprint density at radius 2 is 1.87 bits per heavy atom. The summed E-state index contributed by atoms with van der Waals surface area (Å²) < 4.78 is 65.2. The summed E-state index contributed by atoms with van der Waals surface area (Å²) in [7, 11) is -3.08. The van der Waals surface area contributed by atoms with Crippen molar-refractivity contribution < 1.29 is 26.4 Å². The molecule has 0 aliphatic carbocycles. The molecule has 0 unspecified atom stereocenters. The van der Waals surface area contributed by atoms with Gasteiger partial charge in [0.2, 0.25) is 0 Å². The first-order valence-corrected chi connectivity index (χ1v) is 8.18. The number of amides is 1. The minimum Gasteiger partial charge on any atom is -0.345 e. The third kappa shape index (κ3) is 3.57. The van der Waals surface area contributed by atoms with E-state index >= 15 is 0 Å². The fourth-order valence-corrected chi connectivity index (χ4v) is 3.13. The number of carbonyl (C=O) groups excluding carboxylic acids is 1. The molecule has 0 radical (unpaired) electrons. The Bertz CT molecular complexity index is 883. The van der Waals surface area contributed by atoms with Gasteiger partial charge in [-0.3, -0.25) is 10.2 Å². The van der Waals surface area contributed by atoms with Gasteiger partial charge in [0.1, 0.15) is 10.6 Å². The van der Waals surface area contributed by atoms with E-state index < -0.39 is 38.3 Å². The van der Waals surface area contributed by atoms with Crippen LogP contribution in [0, 0.1) is 17.5 Å². The van der Waals surface area contributed by atoms with Gasteiger partial charge in [0.25, 0.3) is 15.9 Å². The van der Waals surface area contributed by atoms with Crippen LogP contribution in [-0.4, -0.2) is 18.9 Å². The minimum atomic E-state index is -4.62. The highest BCUT2D eigenvalue weighted by atomic mass is 79.9. The predicted molar refractivity (Wildman–Crippen MR) is 77.2 cm³/mol. The summed E-state index contributed by atoms with van der Waals surface area (Å²) in [5.74, 6) is -6.16. The average molecular weight is 412 g/mol. The number of hydrogen-bond acceptors (Lipinski definition) is 3. The van der Waals surface area contributed by atoms with Gasteiger partial charge >= 0.3 is 0 Å². The van der Waals surface area contributed by atoms with Crippen LogP contribution in [0.15, 0.2) is 33.8 Å². The van der Waals surface area contributed by atoms with Crippen molar-refractivity contribution in [1.82, 2.24) is 14.8 Å². The van der Waals surface area contributed by atoms with E-state index in [1.54, 1.807) is 18.1 Å². The second-order valence-electron chi connectivity index (χ2n) is 4.39. The summed E-state index contributed by atoms with van der Waals surface area (Å²) in [6, 6.07) is 2.42. The number of carbonyl (C=O) groups is 1. The topological polar surface area (TPSA) is 80.2 Å². The van der Waals surface area contributed by atoms with Crippen LogP contribution in [0.3, 0.4) is 0 Å². The van der Waals surface area contributed by atoms with E-state index in [4.69, 9.17) is 0 Å². The summed E-state index contributed by atoms with van der Waals surface area (Å²) in [6.07, 6.45) is 1.55.